The molecule has 0 fully saturated rings. The molecule has 2 rings (SSSR count). The number of hydrogen-bond donors (Lipinski definition) is 2. The molecule has 0 unspecified atom stereocenters. The van der Waals surface area contributed by atoms with Crippen LogP contribution < -0.4 is 19.7 Å². The third-order valence-electron chi connectivity index (χ3n) is 3.19. The Balaban J connectivity index is 2.12. The topological polar surface area (TPSA) is 93.7 Å². The zero-order valence-corrected chi connectivity index (χ0v) is 16.8. The van der Waals surface area contributed by atoms with Crippen LogP contribution in [0, 0.1) is 0 Å². The van der Waals surface area contributed by atoms with Crippen molar-refractivity contribution in [2.75, 3.05) is 7.11 Å². The van der Waals surface area contributed by atoms with Crippen LogP contribution in [-0.2, 0) is 10.0 Å². The lowest BCUT2D eigenvalue weighted by Gasteiger charge is -2.14. The highest BCUT2D eigenvalue weighted by Gasteiger charge is 2.17. The normalized spacial score (nSPS) is 11.3. The molecule has 0 aliphatic carbocycles. The van der Waals surface area contributed by atoms with Crippen molar-refractivity contribution in [3.05, 3.63) is 52.5 Å². The molecule has 7 nitrogen and oxygen atoms in total. The molecule has 2 N–H and O–H groups in total. The zero-order valence-electron chi connectivity index (χ0n) is 14.4. The molecule has 0 aliphatic heterocycles. The van der Waals surface area contributed by atoms with Crippen molar-refractivity contribution in [3.63, 3.8) is 0 Å². The number of sulfonamides is 1. The van der Waals surface area contributed by atoms with Crippen LogP contribution in [0.3, 0.4) is 0 Å². The number of rotatable bonds is 7. The highest BCUT2D eigenvalue weighted by Crippen LogP contribution is 2.28. The summed E-state index contributed by atoms with van der Waals surface area (Å²) in [5.41, 5.74) is 2.40. The van der Waals surface area contributed by atoms with E-state index in [1.165, 1.54) is 31.4 Å². The molecule has 0 aliphatic rings. The van der Waals surface area contributed by atoms with Gasteiger partial charge < -0.3 is 9.47 Å². The largest absolute Gasteiger partial charge is 0.493 e. The number of methoxy groups -OCH3 is 1. The molecular formula is C17H19BrN2O5S. The molecule has 2 aromatic rings. The van der Waals surface area contributed by atoms with E-state index in [0.717, 1.165) is 0 Å². The van der Waals surface area contributed by atoms with Crippen molar-refractivity contribution >= 4 is 31.9 Å². The summed E-state index contributed by atoms with van der Waals surface area (Å²) >= 11 is 3.21. The standard InChI is InChI=1S/C17H19BrN2O5S/c1-11(2)25-15-8-7-12(9-16(15)24-3)17(21)19-20-26(22,23)14-6-4-5-13(18)10-14/h4-11,20H,1-3H3,(H,19,21). The molecule has 0 heterocycles. The van der Waals surface area contributed by atoms with E-state index in [9.17, 15) is 13.2 Å². The Bertz CT molecular complexity index is 900. The minimum atomic E-state index is -3.89. The first-order valence-electron chi connectivity index (χ1n) is 7.65. The van der Waals surface area contributed by atoms with Gasteiger partial charge in [0, 0.05) is 10.0 Å². The smallest absolute Gasteiger partial charge is 0.266 e. The van der Waals surface area contributed by atoms with Crippen molar-refractivity contribution in [2.24, 2.45) is 0 Å². The van der Waals surface area contributed by atoms with Crippen LogP contribution in [0.25, 0.3) is 0 Å². The Kier molecular flexibility index (Phi) is 6.63. The minimum absolute atomic E-state index is 0.0189. The molecule has 0 saturated carbocycles. The number of halogens is 1. The van der Waals surface area contributed by atoms with Crippen molar-refractivity contribution in [3.8, 4) is 11.5 Å². The van der Waals surface area contributed by atoms with E-state index in [1.54, 1.807) is 18.2 Å². The summed E-state index contributed by atoms with van der Waals surface area (Å²) in [4.78, 5) is 14.3. The van der Waals surface area contributed by atoms with Crippen LogP contribution in [0.15, 0.2) is 51.8 Å². The average Bonchev–Trinajstić information content (AvgIpc) is 2.59. The number of amides is 1. The van der Waals surface area contributed by atoms with E-state index in [4.69, 9.17) is 9.47 Å². The summed E-state index contributed by atoms with van der Waals surface area (Å²) in [6.07, 6.45) is -0.0550. The summed E-state index contributed by atoms with van der Waals surface area (Å²) in [6.45, 7) is 3.74. The second-order valence-electron chi connectivity index (χ2n) is 5.55. The number of hydrazine groups is 1. The Hall–Kier alpha value is -2.10. The zero-order chi connectivity index (χ0) is 19.3. The fraction of sp³-hybridized carbons (Fsp3) is 0.235. The second kappa shape index (κ2) is 8.52. The first-order chi connectivity index (χ1) is 12.2. The number of hydrogen-bond acceptors (Lipinski definition) is 5. The molecule has 2 aromatic carbocycles. The lowest BCUT2D eigenvalue weighted by molar-refractivity contribution is 0.0944. The van der Waals surface area contributed by atoms with E-state index in [0.29, 0.717) is 16.0 Å². The van der Waals surface area contributed by atoms with Crippen molar-refractivity contribution in [2.45, 2.75) is 24.8 Å². The van der Waals surface area contributed by atoms with Crippen molar-refractivity contribution < 1.29 is 22.7 Å². The van der Waals surface area contributed by atoms with Crippen LogP contribution in [0.1, 0.15) is 24.2 Å². The van der Waals surface area contributed by atoms with Crippen LogP contribution in [-0.4, -0.2) is 27.5 Å². The van der Waals surface area contributed by atoms with Gasteiger partial charge in [0.15, 0.2) is 11.5 Å². The Morgan fingerprint density at radius 3 is 2.46 bits per heavy atom. The van der Waals surface area contributed by atoms with E-state index in [1.807, 2.05) is 13.8 Å². The SMILES string of the molecule is COc1cc(C(=O)NNS(=O)(=O)c2cccc(Br)c2)ccc1OC(C)C. The number of carbonyl (C=O) groups excluding carboxylic acids is 1. The summed E-state index contributed by atoms with van der Waals surface area (Å²) in [5, 5.41) is 0. The molecule has 26 heavy (non-hydrogen) atoms. The van der Waals surface area contributed by atoms with E-state index in [2.05, 4.69) is 26.2 Å². The highest BCUT2D eigenvalue weighted by atomic mass is 79.9. The lowest BCUT2D eigenvalue weighted by Crippen LogP contribution is -2.41. The molecule has 1 amide bonds. The van der Waals surface area contributed by atoms with Gasteiger partial charge in [0.2, 0.25) is 0 Å². The maximum Gasteiger partial charge on any atom is 0.266 e. The molecule has 140 valence electrons. The van der Waals surface area contributed by atoms with Gasteiger partial charge in [-0.1, -0.05) is 22.0 Å². The molecule has 0 atom stereocenters. The predicted molar refractivity (Wildman–Crippen MR) is 101 cm³/mol. The number of ether oxygens (including phenoxy) is 2. The van der Waals surface area contributed by atoms with Gasteiger partial charge in [-0.15, -0.1) is 4.83 Å². The van der Waals surface area contributed by atoms with Crippen LogP contribution in [0.4, 0.5) is 0 Å². The maximum atomic E-state index is 12.2. The van der Waals surface area contributed by atoms with Crippen LogP contribution in [0.5, 0.6) is 11.5 Å². The molecule has 9 heteroatoms. The number of benzene rings is 2. The third-order valence-corrected chi connectivity index (χ3v) is 4.93. The number of nitrogens with one attached hydrogen (secondary N) is 2. The molecule has 0 spiro atoms. The number of carbonyl (C=O) groups is 1. The summed E-state index contributed by atoms with van der Waals surface area (Å²) in [7, 11) is -2.43. The molecular weight excluding hydrogens is 424 g/mol. The Morgan fingerprint density at radius 2 is 1.85 bits per heavy atom. The van der Waals surface area contributed by atoms with Crippen molar-refractivity contribution in [1.82, 2.24) is 10.3 Å². The Morgan fingerprint density at radius 1 is 1.12 bits per heavy atom. The molecule has 0 bridgehead atoms. The summed E-state index contributed by atoms with van der Waals surface area (Å²) in [6, 6.07) is 10.7. The maximum absolute atomic E-state index is 12.2. The summed E-state index contributed by atoms with van der Waals surface area (Å²) < 4.78 is 35.9. The lowest BCUT2D eigenvalue weighted by atomic mass is 10.2. The second-order valence-corrected chi connectivity index (χ2v) is 8.15. The fourth-order valence-corrected chi connectivity index (χ4v) is 3.47. The van der Waals surface area contributed by atoms with Gasteiger partial charge in [0.1, 0.15) is 0 Å². The minimum Gasteiger partial charge on any atom is -0.493 e. The monoisotopic (exact) mass is 442 g/mol. The van der Waals surface area contributed by atoms with Gasteiger partial charge in [-0.05, 0) is 50.2 Å². The quantitative estimate of drug-likeness (QED) is 0.642. The van der Waals surface area contributed by atoms with E-state index in [-0.39, 0.29) is 16.6 Å². The van der Waals surface area contributed by atoms with Gasteiger partial charge in [-0.25, -0.2) is 8.42 Å². The first kappa shape index (κ1) is 20.2. The van der Waals surface area contributed by atoms with Crippen LogP contribution >= 0.6 is 15.9 Å². The average molecular weight is 443 g/mol. The van der Waals surface area contributed by atoms with Gasteiger partial charge in [-0.2, -0.15) is 0 Å². The van der Waals surface area contributed by atoms with E-state index >= 15 is 0 Å². The van der Waals surface area contributed by atoms with Crippen LogP contribution in [0.2, 0.25) is 0 Å². The van der Waals surface area contributed by atoms with Gasteiger partial charge >= 0.3 is 0 Å². The van der Waals surface area contributed by atoms with E-state index < -0.39 is 15.9 Å². The Labute approximate surface area is 160 Å². The molecule has 0 radical (unpaired) electrons. The third kappa shape index (κ3) is 5.20. The molecule has 0 saturated heterocycles. The van der Waals surface area contributed by atoms with Gasteiger partial charge in [0.05, 0.1) is 18.1 Å². The predicted octanol–water partition coefficient (Wildman–Crippen LogP) is 2.87. The van der Waals surface area contributed by atoms with Gasteiger partial charge in [-0.3, -0.25) is 10.2 Å². The highest BCUT2D eigenvalue weighted by molar-refractivity contribution is 9.10. The first-order valence-corrected chi connectivity index (χ1v) is 9.93. The van der Waals surface area contributed by atoms with Crippen molar-refractivity contribution in [1.29, 1.82) is 0 Å². The fourth-order valence-electron chi connectivity index (χ4n) is 2.04. The van der Waals surface area contributed by atoms with Gasteiger partial charge in [0.25, 0.3) is 15.9 Å². The summed E-state index contributed by atoms with van der Waals surface area (Å²) in [5.74, 6) is 0.243. The molecule has 0 aromatic heterocycles.